The van der Waals surface area contributed by atoms with Gasteiger partial charge >= 0.3 is 5.97 Å². The fraction of sp³-hybridized carbons (Fsp3) is 0.133. The highest BCUT2D eigenvalue weighted by Crippen LogP contribution is 2.30. The minimum atomic E-state index is -0.835. The van der Waals surface area contributed by atoms with Gasteiger partial charge in [0.2, 0.25) is 0 Å². The number of halogens is 1. The van der Waals surface area contributed by atoms with Gasteiger partial charge in [0.05, 0.1) is 6.42 Å². The summed E-state index contributed by atoms with van der Waals surface area (Å²) in [6.45, 7) is 0. The Morgan fingerprint density at radius 3 is 2.42 bits per heavy atom. The van der Waals surface area contributed by atoms with E-state index in [2.05, 4.69) is 0 Å². The SMILES string of the molecule is O=C(O)Cc1ccc(-c2ccccc2OCCl)cc1. The van der Waals surface area contributed by atoms with Crippen molar-refractivity contribution < 1.29 is 14.6 Å². The van der Waals surface area contributed by atoms with Gasteiger partial charge in [-0.1, -0.05) is 54.1 Å². The molecule has 0 saturated heterocycles. The zero-order valence-electron chi connectivity index (χ0n) is 10.2. The van der Waals surface area contributed by atoms with E-state index < -0.39 is 5.97 Å². The second-order valence-electron chi connectivity index (χ2n) is 4.02. The number of para-hydroxylation sites is 1. The summed E-state index contributed by atoms with van der Waals surface area (Å²) in [5.74, 6) is -0.123. The average molecular weight is 277 g/mol. The van der Waals surface area contributed by atoms with Gasteiger partial charge in [-0.05, 0) is 17.2 Å². The van der Waals surface area contributed by atoms with Crippen molar-refractivity contribution in [3.05, 3.63) is 54.1 Å². The second-order valence-corrected chi connectivity index (χ2v) is 4.24. The minimum absolute atomic E-state index is 0.0279. The number of rotatable bonds is 5. The predicted molar refractivity (Wildman–Crippen MR) is 74.6 cm³/mol. The highest BCUT2D eigenvalue weighted by Gasteiger charge is 2.06. The maximum atomic E-state index is 10.6. The molecule has 1 N–H and O–H groups in total. The first-order valence-electron chi connectivity index (χ1n) is 5.79. The van der Waals surface area contributed by atoms with Gasteiger partial charge in [-0.2, -0.15) is 0 Å². The highest BCUT2D eigenvalue weighted by atomic mass is 35.5. The molecule has 0 unspecified atom stereocenters. The molecule has 0 saturated carbocycles. The summed E-state index contributed by atoms with van der Waals surface area (Å²) in [6.07, 6.45) is 0.0279. The van der Waals surface area contributed by atoms with Crippen LogP contribution in [0.3, 0.4) is 0 Å². The van der Waals surface area contributed by atoms with Gasteiger partial charge in [-0.3, -0.25) is 4.79 Å². The standard InChI is InChI=1S/C15H13ClO3/c16-10-19-14-4-2-1-3-13(14)12-7-5-11(6-8-12)9-15(17)18/h1-8H,9-10H2,(H,17,18). The van der Waals surface area contributed by atoms with E-state index in [-0.39, 0.29) is 12.5 Å². The van der Waals surface area contributed by atoms with Crippen LogP contribution >= 0.6 is 11.6 Å². The number of aliphatic carboxylic acids is 1. The number of carboxylic acid groups (broad SMARTS) is 1. The van der Waals surface area contributed by atoms with E-state index in [1.54, 1.807) is 12.1 Å². The third-order valence-corrected chi connectivity index (χ3v) is 2.83. The van der Waals surface area contributed by atoms with Crippen LogP contribution in [-0.2, 0) is 11.2 Å². The molecule has 0 aromatic heterocycles. The summed E-state index contributed by atoms with van der Waals surface area (Å²) in [5, 5.41) is 8.73. The molecule has 3 nitrogen and oxygen atoms in total. The van der Waals surface area contributed by atoms with Crippen LogP contribution in [0.2, 0.25) is 0 Å². The zero-order chi connectivity index (χ0) is 13.7. The van der Waals surface area contributed by atoms with Crippen LogP contribution in [0.4, 0.5) is 0 Å². The normalized spacial score (nSPS) is 10.2. The Bertz CT molecular complexity index is 564. The molecule has 0 spiro atoms. The Hall–Kier alpha value is -2.00. The molecule has 0 amide bonds. The molecule has 2 aromatic carbocycles. The quantitative estimate of drug-likeness (QED) is 0.850. The predicted octanol–water partition coefficient (Wildman–Crippen LogP) is 3.56. The van der Waals surface area contributed by atoms with E-state index in [4.69, 9.17) is 21.4 Å². The molecule has 0 heterocycles. The molecule has 98 valence electrons. The summed E-state index contributed by atoms with van der Waals surface area (Å²) in [7, 11) is 0. The van der Waals surface area contributed by atoms with Crippen LogP contribution in [0.15, 0.2) is 48.5 Å². The Morgan fingerprint density at radius 2 is 1.79 bits per heavy atom. The first kappa shape index (κ1) is 13.4. The summed E-state index contributed by atoms with van der Waals surface area (Å²) in [4.78, 5) is 10.6. The third kappa shape index (κ3) is 3.48. The maximum Gasteiger partial charge on any atom is 0.307 e. The molecule has 0 aliphatic carbocycles. The van der Waals surface area contributed by atoms with Crippen molar-refractivity contribution in [1.82, 2.24) is 0 Å². The van der Waals surface area contributed by atoms with Crippen LogP contribution in [0, 0.1) is 0 Å². The van der Waals surface area contributed by atoms with Crippen molar-refractivity contribution in [3.63, 3.8) is 0 Å². The summed E-state index contributed by atoms with van der Waals surface area (Å²) < 4.78 is 5.36. The Morgan fingerprint density at radius 1 is 1.11 bits per heavy atom. The lowest BCUT2D eigenvalue weighted by Gasteiger charge is -2.09. The first-order valence-corrected chi connectivity index (χ1v) is 6.33. The van der Waals surface area contributed by atoms with Crippen LogP contribution in [-0.4, -0.2) is 17.1 Å². The van der Waals surface area contributed by atoms with Gasteiger partial charge in [0.25, 0.3) is 0 Å². The molecule has 2 rings (SSSR count). The molecule has 4 heteroatoms. The van der Waals surface area contributed by atoms with Gasteiger partial charge in [-0.15, -0.1) is 0 Å². The minimum Gasteiger partial charge on any atom is -0.481 e. The smallest absolute Gasteiger partial charge is 0.307 e. The molecule has 0 aliphatic heterocycles. The lowest BCUT2D eigenvalue weighted by molar-refractivity contribution is -0.136. The monoisotopic (exact) mass is 276 g/mol. The maximum absolute atomic E-state index is 10.6. The Labute approximate surface area is 116 Å². The van der Waals surface area contributed by atoms with Crippen molar-refractivity contribution in [2.75, 3.05) is 6.07 Å². The molecule has 2 aromatic rings. The topological polar surface area (TPSA) is 46.5 Å². The molecule has 0 fully saturated rings. The molecule has 0 radical (unpaired) electrons. The van der Waals surface area contributed by atoms with Crippen molar-refractivity contribution in [1.29, 1.82) is 0 Å². The summed E-state index contributed by atoms with van der Waals surface area (Å²) >= 11 is 5.59. The van der Waals surface area contributed by atoms with Gasteiger partial charge < -0.3 is 9.84 Å². The number of carboxylic acids is 1. The van der Waals surface area contributed by atoms with E-state index in [1.807, 2.05) is 36.4 Å². The van der Waals surface area contributed by atoms with E-state index >= 15 is 0 Å². The van der Waals surface area contributed by atoms with Crippen molar-refractivity contribution in [2.45, 2.75) is 6.42 Å². The van der Waals surface area contributed by atoms with Crippen molar-refractivity contribution in [3.8, 4) is 16.9 Å². The number of carbonyl (C=O) groups is 1. The molecule has 19 heavy (non-hydrogen) atoms. The summed E-state index contributed by atoms with van der Waals surface area (Å²) in [6, 6.07) is 15.1. The molecular weight excluding hydrogens is 264 g/mol. The second kappa shape index (κ2) is 6.25. The fourth-order valence-electron chi connectivity index (χ4n) is 1.87. The first-order chi connectivity index (χ1) is 9.20. The summed E-state index contributed by atoms with van der Waals surface area (Å²) in [5.41, 5.74) is 2.67. The highest BCUT2D eigenvalue weighted by molar-refractivity contribution is 6.17. The zero-order valence-corrected chi connectivity index (χ0v) is 10.9. The average Bonchev–Trinajstić information content (AvgIpc) is 2.40. The van der Waals surface area contributed by atoms with Gasteiger partial charge in [0.15, 0.2) is 6.07 Å². The lowest BCUT2D eigenvalue weighted by atomic mass is 10.0. The van der Waals surface area contributed by atoms with E-state index in [0.717, 1.165) is 16.7 Å². The van der Waals surface area contributed by atoms with Gasteiger partial charge in [0, 0.05) is 5.56 Å². The Kier molecular flexibility index (Phi) is 4.42. The number of benzene rings is 2. The van der Waals surface area contributed by atoms with Crippen LogP contribution in [0.5, 0.6) is 5.75 Å². The largest absolute Gasteiger partial charge is 0.481 e. The van der Waals surface area contributed by atoms with Gasteiger partial charge in [-0.25, -0.2) is 0 Å². The van der Waals surface area contributed by atoms with Crippen molar-refractivity contribution >= 4 is 17.6 Å². The lowest BCUT2D eigenvalue weighted by Crippen LogP contribution is -1.99. The molecule has 0 atom stereocenters. The molecule has 0 aliphatic rings. The van der Waals surface area contributed by atoms with E-state index in [9.17, 15) is 4.79 Å². The Balaban J connectivity index is 2.29. The number of hydrogen-bond acceptors (Lipinski definition) is 2. The number of alkyl halides is 1. The number of hydrogen-bond donors (Lipinski definition) is 1. The molecular formula is C15H13ClO3. The van der Waals surface area contributed by atoms with E-state index in [1.165, 1.54) is 0 Å². The number of ether oxygens (including phenoxy) is 1. The third-order valence-electron chi connectivity index (χ3n) is 2.72. The van der Waals surface area contributed by atoms with Gasteiger partial charge in [0.1, 0.15) is 5.75 Å². The van der Waals surface area contributed by atoms with Crippen molar-refractivity contribution in [2.24, 2.45) is 0 Å². The fourth-order valence-corrected chi connectivity index (χ4v) is 1.98. The van der Waals surface area contributed by atoms with Crippen LogP contribution in [0.25, 0.3) is 11.1 Å². The van der Waals surface area contributed by atoms with Crippen LogP contribution < -0.4 is 4.74 Å². The molecule has 0 bridgehead atoms. The van der Waals surface area contributed by atoms with Crippen LogP contribution in [0.1, 0.15) is 5.56 Å². The van der Waals surface area contributed by atoms with E-state index in [0.29, 0.717) is 5.75 Å².